The molecule has 0 saturated heterocycles. The van der Waals surface area contributed by atoms with Crippen LogP contribution in [0.15, 0.2) is 90.7 Å². The second-order valence-electron chi connectivity index (χ2n) is 9.97. The van der Waals surface area contributed by atoms with Crippen LogP contribution in [0.5, 0.6) is 0 Å². The Morgan fingerprint density at radius 2 is 1.54 bits per heavy atom. The third kappa shape index (κ3) is 5.10. The average Bonchev–Trinajstić information content (AvgIpc) is 3.22. The summed E-state index contributed by atoms with van der Waals surface area (Å²) in [6.07, 6.45) is 0.698. The number of thiophene rings is 1. The lowest BCUT2D eigenvalue weighted by Crippen LogP contribution is -2.25. The summed E-state index contributed by atoms with van der Waals surface area (Å²) in [6, 6.07) is 25.9. The number of allylic oxidation sites excluding steroid dienone is 2. The molecule has 0 spiro atoms. The number of hydrogen-bond donors (Lipinski definition) is 2. The Balaban J connectivity index is 1.81. The number of hydrogen-bond acceptors (Lipinski definition) is 5. The third-order valence-electron chi connectivity index (χ3n) is 6.42. The van der Waals surface area contributed by atoms with Gasteiger partial charge in [0, 0.05) is 34.7 Å². The Hall–Kier alpha value is -3.67. The Kier molecular flexibility index (Phi) is 6.76. The zero-order chi connectivity index (χ0) is 26.2. The molecule has 6 heteroatoms. The molecule has 4 nitrogen and oxygen atoms in total. The maximum absolute atomic E-state index is 14.1. The fourth-order valence-electron chi connectivity index (χ4n) is 4.74. The van der Waals surface area contributed by atoms with E-state index in [-0.39, 0.29) is 28.3 Å². The fourth-order valence-corrected chi connectivity index (χ4v) is 6.19. The summed E-state index contributed by atoms with van der Waals surface area (Å²) < 4.78 is 0. The molecule has 0 aliphatic heterocycles. The van der Waals surface area contributed by atoms with Gasteiger partial charge in [0.05, 0.1) is 16.0 Å². The van der Waals surface area contributed by atoms with Gasteiger partial charge in [0.2, 0.25) is 0 Å². The molecule has 1 aliphatic carbocycles. The van der Waals surface area contributed by atoms with Crippen LogP contribution in [0.4, 0.5) is 10.7 Å². The number of para-hydroxylation sites is 1. The van der Waals surface area contributed by atoms with Gasteiger partial charge < -0.3 is 10.4 Å². The lowest BCUT2D eigenvalue weighted by atomic mass is 9.75. The van der Waals surface area contributed by atoms with Crippen molar-refractivity contribution in [2.24, 2.45) is 5.41 Å². The summed E-state index contributed by atoms with van der Waals surface area (Å²) in [4.78, 5) is 28.1. The summed E-state index contributed by atoms with van der Waals surface area (Å²) >= 11 is 7.51. The number of Topliss-reactive ketones (excluding diaryl/α,β-unsaturated/α-hetero) is 1. The Morgan fingerprint density at radius 3 is 2.16 bits per heavy atom. The topological polar surface area (TPSA) is 66.4 Å². The monoisotopic (exact) mass is 527 g/mol. The Labute approximate surface area is 225 Å². The number of rotatable bonds is 6. The van der Waals surface area contributed by atoms with E-state index in [1.165, 1.54) is 11.3 Å². The van der Waals surface area contributed by atoms with Gasteiger partial charge in [-0.05, 0) is 35.2 Å². The van der Waals surface area contributed by atoms with Crippen molar-refractivity contribution in [3.05, 3.63) is 112 Å². The van der Waals surface area contributed by atoms with E-state index in [0.717, 1.165) is 11.3 Å². The standard InChI is InChI=1S/C31H26ClNO3S/c1-31(2)17-23(34)26(24(35)18-31)29-25(19-13-15-21(32)16-14-19)27(28(36)20-9-5-3-6-10-20)30(37-29)33-22-11-7-4-8-12-22/h3-16,33-34H,17-18H2,1-2H3. The highest BCUT2D eigenvalue weighted by molar-refractivity contribution is 7.18. The minimum absolute atomic E-state index is 0.0580. The minimum Gasteiger partial charge on any atom is -0.511 e. The Bertz CT molecular complexity index is 1500. The summed E-state index contributed by atoms with van der Waals surface area (Å²) in [7, 11) is 0. The van der Waals surface area contributed by atoms with Gasteiger partial charge in [0.25, 0.3) is 0 Å². The first-order chi connectivity index (χ1) is 17.7. The van der Waals surface area contributed by atoms with Gasteiger partial charge in [0.1, 0.15) is 10.8 Å². The first kappa shape index (κ1) is 25.0. The normalized spacial score (nSPS) is 15.1. The largest absolute Gasteiger partial charge is 0.511 e. The number of benzene rings is 3. The molecule has 37 heavy (non-hydrogen) atoms. The number of anilines is 2. The number of carbonyl (C=O) groups excluding carboxylic acids is 2. The molecule has 1 aromatic heterocycles. The van der Waals surface area contributed by atoms with Crippen molar-refractivity contribution in [2.45, 2.75) is 26.7 Å². The molecular weight excluding hydrogens is 502 g/mol. The van der Waals surface area contributed by atoms with Gasteiger partial charge in [0.15, 0.2) is 11.6 Å². The molecule has 2 N–H and O–H groups in total. The number of ketones is 2. The first-order valence-electron chi connectivity index (χ1n) is 12.0. The molecule has 186 valence electrons. The molecule has 0 saturated carbocycles. The van der Waals surface area contributed by atoms with Crippen LogP contribution in [0.3, 0.4) is 0 Å². The molecular formula is C31H26ClNO3S. The van der Waals surface area contributed by atoms with E-state index < -0.39 is 0 Å². The van der Waals surface area contributed by atoms with Gasteiger partial charge >= 0.3 is 0 Å². The highest BCUT2D eigenvalue weighted by Crippen LogP contribution is 2.49. The summed E-state index contributed by atoms with van der Waals surface area (Å²) in [5.41, 5.74) is 3.11. The molecule has 0 unspecified atom stereocenters. The molecule has 1 heterocycles. The second kappa shape index (κ2) is 10.0. The SMILES string of the molecule is CC1(C)CC(=O)C(c2sc(Nc3ccccc3)c(C(=O)c3ccccc3)c2-c2ccc(Cl)cc2)=C(O)C1. The summed E-state index contributed by atoms with van der Waals surface area (Å²) in [5, 5.41) is 15.7. The second-order valence-corrected chi connectivity index (χ2v) is 11.4. The van der Waals surface area contributed by atoms with E-state index >= 15 is 0 Å². The fraction of sp³-hybridized carbons (Fsp3) is 0.161. The quantitative estimate of drug-likeness (QED) is 0.246. The lowest BCUT2D eigenvalue weighted by Gasteiger charge is -2.29. The molecule has 0 bridgehead atoms. The van der Waals surface area contributed by atoms with Crippen LogP contribution < -0.4 is 5.32 Å². The molecule has 0 fully saturated rings. The first-order valence-corrected chi connectivity index (χ1v) is 13.2. The van der Waals surface area contributed by atoms with Crippen molar-refractivity contribution in [2.75, 3.05) is 5.32 Å². The van der Waals surface area contributed by atoms with Crippen LogP contribution in [0.2, 0.25) is 5.02 Å². The highest BCUT2D eigenvalue weighted by Gasteiger charge is 2.37. The van der Waals surface area contributed by atoms with E-state index in [1.54, 1.807) is 24.3 Å². The predicted octanol–water partition coefficient (Wildman–Crippen LogP) is 8.70. The van der Waals surface area contributed by atoms with Crippen molar-refractivity contribution in [3.8, 4) is 11.1 Å². The smallest absolute Gasteiger partial charge is 0.196 e. The molecule has 4 aromatic rings. The number of halogens is 1. The van der Waals surface area contributed by atoms with Crippen molar-refractivity contribution in [1.82, 2.24) is 0 Å². The molecule has 0 atom stereocenters. The zero-order valence-corrected chi connectivity index (χ0v) is 22.1. The van der Waals surface area contributed by atoms with E-state index in [0.29, 0.717) is 44.4 Å². The van der Waals surface area contributed by atoms with Crippen LogP contribution in [-0.2, 0) is 4.79 Å². The van der Waals surface area contributed by atoms with E-state index in [1.807, 2.05) is 74.5 Å². The maximum Gasteiger partial charge on any atom is 0.196 e. The van der Waals surface area contributed by atoms with Crippen LogP contribution >= 0.6 is 22.9 Å². The summed E-state index contributed by atoms with van der Waals surface area (Å²) in [5.74, 6) is -0.243. The van der Waals surface area contributed by atoms with Crippen molar-refractivity contribution in [3.63, 3.8) is 0 Å². The number of carbonyl (C=O) groups is 2. The number of aliphatic hydroxyl groups excluding tert-OH is 1. The minimum atomic E-state index is -0.337. The van der Waals surface area contributed by atoms with E-state index in [4.69, 9.17) is 11.6 Å². The van der Waals surface area contributed by atoms with Crippen LogP contribution in [0.25, 0.3) is 16.7 Å². The predicted molar refractivity (Wildman–Crippen MR) is 152 cm³/mol. The Morgan fingerprint density at radius 1 is 0.919 bits per heavy atom. The summed E-state index contributed by atoms with van der Waals surface area (Å²) in [6.45, 7) is 3.94. The zero-order valence-electron chi connectivity index (χ0n) is 20.5. The molecule has 0 radical (unpaired) electrons. The van der Waals surface area contributed by atoms with Gasteiger partial charge in [-0.3, -0.25) is 9.59 Å². The van der Waals surface area contributed by atoms with Crippen LogP contribution in [0, 0.1) is 5.41 Å². The van der Waals surface area contributed by atoms with E-state index in [2.05, 4.69) is 5.32 Å². The number of aliphatic hydroxyl groups is 1. The molecule has 0 amide bonds. The maximum atomic E-state index is 14.1. The van der Waals surface area contributed by atoms with Crippen molar-refractivity contribution < 1.29 is 14.7 Å². The third-order valence-corrected chi connectivity index (χ3v) is 7.79. The number of nitrogens with one attached hydrogen (secondary N) is 1. The molecule has 3 aromatic carbocycles. The van der Waals surface area contributed by atoms with Crippen LogP contribution in [-0.4, -0.2) is 16.7 Å². The highest BCUT2D eigenvalue weighted by atomic mass is 35.5. The molecule has 5 rings (SSSR count). The van der Waals surface area contributed by atoms with E-state index in [9.17, 15) is 14.7 Å². The molecule has 1 aliphatic rings. The van der Waals surface area contributed by atoms with Gasteiger partial charge in [-0.15, -0.1) is 11.3 Å². The van der Waals surface area contributed by atoms with Gasteiger partial charge in [-0.1, -0.05) is 86.1 Å². The van der Waals surface area contributed by atoms with Gasteiger partial charge in [-0.25, -0.2) is 0 Å². The van der Waals surface area contributed by atoms with Crippen LogP contribution in [0.1, 0.15) is 47.5 Å². The van der Waals surface area contributed by atoms with Crippen molar-refractivity contribution >= 4 is 50.8 Å². The van der Waals surface area contributed by atoms with Crippen molar-refractivity contribution in [1.29, 1.82) is 0 Å². The van der Waals surface area contributed by atoms with Gasteiger partial charge in [-0.2, -0.15) is 0 Å². The average molecular weight is 528 g/mol. The lowest BCUT2D eigenvalue weighted by molar-refractivity contribution is -0.116.